The fraction of sp³-hybridized carbons (Fsp3) is 0.150. The van der Waals surface area contributed by atoms with Crippen molar-refractivity contribution in [3.05, 3.63) is 83.7 Å². The number of carbonyl (C=O) groups is 1. The van der Waals surface area contributed by atoms with Crippen LogP contribution in [0.4, 0.5) is 5.69 Å². The Morgan fingerprint density at radius 1 is 0.957 bits per heavy atom. The van der Waals surface area contributed by atoms with Crippen molar-refractivity contribution >= 4 is 11.6 Å². The number of rotatable bonds is 4. The lowest BCUT2D eigenvalue weighted by molar-refractivity contribution is -0.115. The number of aryl methyl sites for hydroxylation is 1. The van der Waals surface area contributed by atoms with Crippen molar-refractivity contribution in [3.8, 4) is 5.69 Å². The highest BCUT2D eigenvalue weighted by atomic mass is 16.1. The summed E-state index contributed by atoms with van der Waals surface area (Å²) in [6.07, 6.45) is 4.38. The molecule has 116 valence electrons. The Balaban J connectivity index is 1.67. The van der Waals surface area contributed by atoms with Gasteiger partial charge in [0.25, 0.3) is 0 Å². The van der Waals surface area contributed by atoms with Crippen molar-refractivity contribution in [3.63, 3.8) is 0 Å². The topological polar surface area (TPSA) is 34.0 Å². The molecule has 0 aliphatic carbocycles. The molecule has 0 unspecified atom stereocenters. The molecule has 1 aromatic heterocycles. The SMILES string of the molecule is Cc1cccc(NC(=O)Cc2ccc(-n3cccc3)cc2)c1C. The van der Waals surface area contributed by atoms with Crippen LogP contribution in [-0.2, 0) is 11.2 Å². The Morgan fingerprint density at radius 3 is 2.35 bits per heavy atom. The van der Waals surface area contributed by atoms with E-state index in [1.807, 2.05) is 85.4 Å². The largest absolute Gasteiger partial charge is 0.326 e. The first kappa shape index (κ1) is 15.1. The van der Waals surface area contributed by atoms with E-state index in [0.717, 1.165) is 22.5 Å². The van der Waals surface area contributed by atoms with Crippen LogP contribution in [0.3, 0.4) is 0 Å². The van der Waals surface area contributed by atoms with Crippen LogP contribution in [0.15, 0.2) is 67.0 Å². The molecule has 3 nitrogen and oxygen atoms in total. The van der Waals surface area contributed by atoms with Crippen LogP contribution < -0.4 is 5.32 Å². The first-order valence-electron chi connectivity index (χ1n) is 7.72. The van der Waals surface area contributed by atoms with E-state index in [2.05, 4.69) is 5.32 Å². The molecule has 0 spiro atoms. The molecule has 0 atom stereocenters. The van der Waals surface area contributed by atoms with Gasteiger partial charge in [-0.25, -0.2) is 0 Å². The molecule has 0 bridgehead atoms. The normalized spacial score (nSPS) is 10.5. The van der Waals surface area contributed by atoms with Crippen LogP contribution in [0.2, 0.25) is 0 Å². The molecular weight excluding hydrogens is 284 g/mol. The van der Waals surface area contributed by atoms with E-state index in [-0.39, 0.29) is 5.91 Å². The van der Waals surface area contributed by atoms with Crippen LogP contribution in [0.5, 0.6) is 0 Å². The molecular formula is C20H20N2O. The Morgan fingerprint density at radius 2 is 1.65 bits per heavy atom. The van der Waals surface area contributed by atoms with Gasteiger partial charge in [0.2, 0.25) is 5.91 Å². The van der Waals surface area contributed by atoms with Crippen molar-refractivity contribution in [1.29, 1.82) is 0 Å². The minimum Gasteiger partial charge on any atom is -0.326 e. The zero-order valence-electron chi connectivity index (χ0n) is 13.4. The molecule has 3 heteroatoms. The molecule has 3 rings (SSSR count). The number of hydrogen-bond donors (Lipinski definition) is 1. The molecule has 0 aliphatic rings. The summed E-state index contributed by atoms with van der Waals surface area (Å²) in [7, 11) is 0. The highest BCUT2D eigenvalue weighted by Crippen LogP contribution is 2.18. The molecule has 0 saturated carbocycles. The Kier molecular flexibility index (Phi) is 4.29. The summed E-state index contributed by atoms with van der Waals surface area (Å²) in [5.41, 5.74) is 5.28. The third-order valence-electron chi connectivity index (χ3n) is 4.08. The first-order chi connectivity index (χ1) is 11.1. The van der Waals surface area contributed by atoms with E-state index < -0.39 is 0 Å². The van der Waals surface area contributed by atoms with E-state index in [1.54, 1.807) is 0 Å². The Hall–Kier alpha value is -2.81. The molecule has 0 saturated heterocycles. The van der Waals surface area contributed by atoms with Crippen LogP contribution in [0.25, 0.3) is 5.69 Å². The van der Waals surface area contributed by atoms with E-state index in [9.17, 15) is 4.79 Å². The second kappa shape index (κ2) is 6.53. The van der Waals surface area contributed by atoms with Gasteiger partial charge in [-0.05, 0) is 60.9 Å². The van der Waals surface area contributed by atoms with Crippen LogP contribution in [0, 0.1) is 13.8 Å². The molecule has 23 heavy (non-hydrogen) atoms. The van der Waals surface area contributed by atoms with Crippen molar-refractivity contribution in [2.75, 3.05) is 5.32 Å². The quantitative estimate of drug-likeness (QED) is 0.767. The summed E-state index contributed by atoms with van der Waals surface area (Å²) < 4.78 is 2.04. The van der Waals surface area contributed by atoms with Gasteiger partial charge in [0.1, 0.15) is 0 Å². The van der Waals surface area contributed by atoms with Gasteiger partial charge >= 0.3 is 0 Å². The zero-order valence-corrected chi connectivity index (χ0v) is 13.4. The summed E-state index contributed by atoms with van der Waals surface area (Å²) >= 11 is 0. The van der Waals surface area contributed by atoms with Crippen molar-refractivity contribution in [1.82, 2.24) is 4.57 Å². The fourth-order valence-electron chi connectivity index (χ4n) is 2.56. The van der Waals surface area contributed by atoms with Crippen molar-refractivity contribution in [2.24, 2.45) is 0 Å². The molecule has 3 aromatic rings. The molecule has 2 aromatic carbocycles. The molecule has 0 aliphatic heterocycles. The lowest BCUT2D eigenvalue weighted by atomic mass is 10.1. The summed E-state index contributed by atoms with van der Waals surface area (Å²) in [5.74, 6) is 0.00686. The monoisotopic (exact) mass is 304 g/mol. The molecule has 1 heterocycles. The standard InChI is InChI=1S/C20H20N2O/c1-15-6-5-7-19(16(15)2)21-20(23)14-17-8-10-18(11-9-17)22-12-3-4-13-22/h3-13H,14H2,1-2H3,(H,21,23). The fourth-order valence-corrected chi connectivity index (χ4v) is 2.56. The average molecular weight is 304 g/mol. The highest BCUT2D eigenvalue weighted by Gasteiger charge is 2.07. The maximum Gasteiger partial charge on any atom is 0.228 e. The zero-order chi connectivity index (χ0) is 16.2. The first-order valence-corrected chi connectivity index (χ1v) is 7.72. The lowest BCUT2D eigenvalue weighted by Crippen LogP contribution is -2.15. The predicted octanol–water partition coefficient (Wildman–Crippen LogP) is 4.28. The second-order valence-corrected chi connectivity index (χ2v) is 5.73. The van der Waals surface area contributed by atoms with Crippen LogP contribution >= 0.6 is 0 Å². The Labute approximate surface area is 136 Å². The van der Waals surface area contributed by atoms with Gasteiger partial charge in [0, 0.05) is 23.8 Å². The van der Waals surface area contributed by atoms with Gasteiger partial charge in [-0.15, -0.1) is 0 Å². The minimum atomic E-state index is 0.00686. The number of amides is 1. The van der Waals surface area contributed by atoms with E-state index in [4.69, 9.17) is 0 Å². The Bertz CT molecular complexity index is 802. The predicted molar refractivity (Wildman–Crippen MR) is 94.0 cm³/mol. The third-order valence-corrected chi connectivity index (χ3v) is 4.08. The molecule has 1 amide bonds. The number of benzene rings is 2. The number of aromatic nitrogens is 1. The number of hydrogen-bond acceptors (Lipinski definition) is 1. The number of anilines is 1. The average Bonchev–Trinajstić information content (AvgIpc) is 3.07. The van der Waals surface area contributed by atoms with Gasteiger partial charge in [0.15, 0.2) is 0 Å². The van der Waals surface area contributed by atoms with Crippen molar-refractivity contribution < 1.29 is 4.79 Å². The van der Waals surface area contributed by atoms with E-state index in [1.165, 1.54) is 5.56 Å². The van der Waals surface area contributed by atoms with Gasteiger partial charge in [-0.2, -0.15) is 0 Å². The van der Waals surface area contributed by atoms with E-state index >= 15 is 0 Å². The lowest BCUT2D eigenvalue weighted by Gasteiger charge is -2.10. The molecule has 0 fully saturated rings. The van der Waals surface area contributed by atoms with Gasteiger partial charge in [-0.3, -0.25) is 4.79 Å². The summed E-state index contributed by atoms with van der Waals surface area (Å²) in [5, 5.41) is 3.00. The summed E-state index contributed by atoms with van der Waals surface area (Å²) in [4.78, 5) is 12.2. The van der Waals surface area contributed by atoms with Gasteiger partial charge in [-0.1, -0.05) is 24.3 Å². The summed E-state index contributed by atoms with van der Waals surface area (Å²) in [6.45, 7) is 4.07. The van der Waals surface area contributed by atoms with Crippen LogP contribution in [-0.4, -0.2) is 10.5 Å². The maximum atomic E-state index is 12.2. The second-order valence-electron chi connectivity index (χ2n) is 5.73. The van der Waals surface area contributed by atoms with Gasteiger partial charge in [0.05, 0.1) is 6.42 Å². The maximum absolute atomic E-state index is 12.2. The van der Waals surface area contributed by atoms with Crippen LogP contribution in [0.1, 0.15) is 16.7 Å². The van der Waals surface area contributed by atoms with Crippen molar-refractivity contribution in [2.45, 2.75) is 20.3 Å². The smallest absolute Gasteiger partial charge is 0.228 e. The molecule has 0 radical (unpaired) electrons. The van der Waals surface area contributed by atoms with E-state index in [0.29, 0.717) is 6.42 Å². The highest BCUT2D eigenvalue weighted by molar-refractivity contribution is 5.93. The number of nitrogens with zero attached hydrogens (tertiary/aromatic N) is 1. The summed E-state index contributed by atoms with van der Waals surface area (Å²) in [6, 6.07) is 18.0. The molecule has 1 N–H and O–H groups in total. The minimum absolute atomic E-state index is 0.00686. The van der Waals surface area contributed by atoms with Gasteiger partial charge < -0.3 is 9.88 Å². The number of carbonyl (C=O) groups excluding carboxylic acids is 1. The number of nitrogens with one attached hydrogen (secondary N) is 1. The third kappa shape index (κ3) is 3.51.